The first kappa shape index (κ1) is 13.8. The van der Waals surface area contributed by atoms with Crippen molar-refractivity contribution in [3.63, 3.8) is 0 Å². The first-order chi connectivity index (χ1) is 8.56. The highest BCUT2D eigenvalue weighted by molar-refractivity contribution is 14.1. The topological polar surface area (TPSA) is 32.3 Å². The second-order valence-corrected chi connectivity index (χ2v) is 6.31. The largest absolute Gasteiger partial charge is 0.325 e. The van der Waals surface area contributed by atoms with E-state index in [9.17, 15) is 4.79 Å². The highest BCUT2D eigenvalue weighted by Crippen LogP contribution is 2.19. The number of nitrogens with zero attached hydrogens (tertiary/aromatic N) is 1. The molecule has 1 saturated heterocycles. The van der Waals surface area contributed by atoms with Crippen molar-refractivity contribution in [1.82, 2.24) is 4.90 Å². The summed E-state index contributed by atoms with van der Waals surface area (Å²) in [5, 5.41) is 2.98. The molecular weight excluding hydrogens is 339 g/mol. The second kappa shape index (κ2) is 6.02. The summed E-state index contributed by atoms with van der Waals surface area (Å²) in [6.07, 6.45) is 1.20. The summed E-state index contributed by atoms with van der Waals surface area (Å²) >= 11 is 2.26. The van der Waals surface area contributed by atoms with Crippen LogP contribution >= 0.6 is 22.6 Å². The third-order valence-electron chi connectivity index (χ3n) is 3.49. The minimum atomic E-state index is -0.0470. The smallest absolute Gasteiger partial charge is 0.241 e. The van der Waals surface area contributed by atoms with Crippen LogP contribution in [0.4, 0.5) is 5.69 Å². The number of anilines is 1. The van der Waals surface area contributed by atoms with Crippen LogP contribution in [-0.2, 0) is 4.79 Å². The fraction of sp³-hybridized carbons (Fsp3) is 0.500. The number of likely N-dealkylation sites (tertiary alicyclic amines) is 1. The molecule has 0 saturated carbocycles. The zero-order valence-electron chi connectivity index (χ0n) is 10.8. The molecule has 2 atom stereocenters. The van der Waals surface area contributed by atoms with E-state index < -0.39 is 0 Å². The molecule has 1 N–H and O–H groups in total. The summed E-state index contributed by atoms with van der Waals surface area (Å²) in [6.45, 7) is 6.29. The summed E-state index contributed by atoms with van der Waals surface area (Å²) in [4.78, 5) is 14.4. The predicted octanol–water partition coefficient (Wildman–Crippen LogP) is 2.96. The normalized spacial score (nSPS) is 21.8. The molecule has 98 valence electrons. The highest BCUT2D eigenvalue weighted by Gasteiger charge is 2.27. The van der Waals surface area contributed by atoms with Crippen LogP contribution in [0.3, 0.4) is 0 Å². The number of carbonyl (C=O) groups is 1. The lowest BCUT2D eigenvalue weighted by Gasteiger charge is -2.23. The van der Waals surface area contributed by atoms with E-state index in [1.54, 1.807) is 0 Å². The van der Waals surface area contributed by atoms with E-state index in [-0.39, 0.29) is 11.9 Å². The van der Waals surface area contributed by atoms with Gasteiger partial charge in [-0.1, -0.05) is 6.92 Å². The number of hydrogen-bond donors (Lipinski definition) is 1. The number of rotatable bonds is 3. The van der Waals surface area contributed by atoms with Gasteiger partial charge in [-0.05, 0) is 72.7 Å². The average Bonchev–Trinajstić information content (AvgIpc) is 2.78. The molecule has 1 heterocycles. The number of nitrogens with one attached hydrogen (secondary N) is 1. The number of benzene rings is 1. The average molecular weight is 358 g/mol. The van der Waals surface area contributed by atoms with Crippen molar-refractivity contribution in [2.24, 2.45) is 5.92 Å². The van der Waals surface area contributed by atoms with Gasteiger partial charge in [0.15, 0.2) is 0 Å². The Morgan fingerprint density at radius 1 is 1.44 bits per heavy atom. The molecule has 4 heteroatoms. The molecular formula is C14H19IN2O. The SMILES string of the molecule is CC1CCN(C(C)C(=O)Nc2ccc(I)cc2)C1. The fourth-order valence-corrected chi connectivity index (χ4v) is 2.63. The molecule has 1 amide bonds. The van der Waals surface area contributed by atoms with Crippen molar-refractivity contribution in [1.29, 1.82) is 0 Å². The van der Waals surface area contributed by atoms with Gasteiger partial charge >= 0.3 is 0 Å². The Kier molecular flexibility index (Phi) is 4.61. The molecule has 1 aromatic carbocycles. The van der Waals surface area contributed by atoms with Gasteiger partial charge < -0.3 is 5.32 Å². The summed E-state index contributed by atoms with van der Waals surface area (Å²) in [5.74, 6) is 0.795. The second-order valence-electron chi connectivity index (χ2n) is 5.06. The van der Waals surface area contributed by atoms with Gasteiger partial charge in [0.05, 0.1) is 6.04 Å². The monoisotopic (exact) mass is 358 g/mol. The van der Waals surface area contributed by atoms with Crippen LogP contribution in [0.25, 0.3) is 0 Å². The fourth-order valence-electron chi connectivity index (χ4n) is 2.27. The lowest BCUT2D eigenvalue weighted by Crippen LogP contribution is -2.40. The molecule has 3 nitrogen and oxygen atoms in total. The Bertz CT molecular complexity index is 418. The van der Waals surface area contributed by atoms with Crippen LogP contribution in [0.2, 0.25) is 0 Å². The minimum Gasteiger partial charge on any atom is -0.325 e. The zero-order chi connectivity index (χ0) is 13.1. The first-order valence-corrected chi connectivity index (χ1v) is 7.44. The summed E-state index contributed by atoms with van der Waals surface area (Å²) in [5.41, 5.74) is 0.875. The third kappa shape index (κ3) is 3.45. The number of hydrogen-bond acceptors (Lipinski definition) is 2. The minimum absolute atomic E-state index is 0.0470. The molecule has 0 aromatic heterocycles. The van der Waals surface area contributed by atoms with Gasteiger partial charge in [0.2, 0.25) is 5.91 Å². The van der Waals surface area contributed by atoms with Crippen molar-refractivity contribution in [2.75, 3.05) is 18.4 Å². The molecule has 1 aliphatic rings. The van der Waals surface area contributed by atoms with Gasteiger partial charge in [-0.15, -0.1) is 0 Å². The maximum absolute atomic E-state index is 12.1. The molecule has 0 radical (unpaired) electrons. The van der Waals surface area contributed by atoms with E-state index in [0.29, 0.717) is 5.92 Å². The molecule has 1 fully saturated rings. The van der Waals surface area contributed by atoms with Crippen molar-refractivity contribution in [2.45, 2.75) is 26.3 Å². The van der Waals surface area contributed by atoms with Gasteiger partial charge in [-0.3, -0.25) is 9.69 Å². The molecule has 1 aromatic rings. The Hall–Kier alpha value is -0.620. The summed E-state index contributed by atoms with van der Waals surface area (Å²) < 4.78 is 1.17. The van der Waals surface area contributed by atoms with Crippen LogP contribution in [0.5, 0.6) is 0 Å². The van der Waals surface area contributed by atoms with Crippen molar-refractivity contribution >= 4 is 34.2 Å². The molecule has 0 spiro atoms. The van der Waals surface area contributed by atoms with Crippen molar-refractivity contribution in [3.05, 3.63) is 27.8 Å². The van der Waals surface area contributed by atoms with Gasteiger partial charge in [0, 0.05) is 15.8 Å². The lowest BCUT2D eigenvalue weighted by molar-refractivity contribution is -0.120. The number of amides is 1. The zero-order valence-corrected chi connectivity index (χ0v) is 13.0. The van der Waals surface area contributed by atoms with Crippen LogP contribution < -0.4 is 5.32 Å². The Labute approximate surface area is 122 Å². The van der Waals surface area contributed by atoms with Crippen molar-refractivity contribution in [3.8, 4) is 0 Å². The van der Waals surface area contributed by atoms with Crippen molar-refractivity contribution < 1.29 is 4.79 Å². The molecule has 2 unspecified atom stereocenters. The Morgan fingerprint density at radius 2 is 2.11 bits per heavy atom. The standard InChI is InChI=1S/C14H19IN2O/c1-10-7-8-17(9-10)11(2)14(18)16-13-5-3-12(15)4-6-13/h3-6,10-11H,7-9H2,1-2H3,(H,16,18). The summed E-state index contributed by atoms with van der Waals surface area (Å²) in [7, 11) is 0. The van der Waals surface area contributed by atoms with E-state index in [2.05, 4.69) is 39.7 Å². The molecule has 0 bridgehead atoms. The lowest BCUT2D eigenvalue weighted by atomic mass is 10.2. The third-order valence-corrected chi connectivity index (χ3v) is 4.21. The molecule has 2 rings (SSSR count). The van der Waals surface area contributed by atoms with Gasteiger partial charge in [-0.2, -0.15) is 0 Å². The predicted molar refractivity (Wildman–Crippen MR) is 82.6 cm³/mol. The Morgan fingerprint density at radius 3 is 2.67 bits per heavy atom. The van der Waals surface area contributed by atoms with Crippen LogP contribution in [0.1, 0.15) is 20.3 Å². The van der Waals surface area contributed by atoms with Gasteiger partial charge in [0.25, 0.3) is 0 Å². The highest BCUT2D eigenvalue weighted by atomic mass is 127. The van der Waals surface area contributed by atoms with Crippen LogP contribution in [0.15, 0.2) is 24.3 Å². The molecule has 1 aliphatic heterocycles. The Balaban J connectivity index is 1.93. The van der Waals surface area contributed by atoms with E-state index in [1.165, 1.54) is 9.99 Å². The van der Waals surface area contributed by atoms with Gasteiger partial charge in [-0.25, -0.2) is 0 Å². The molecule has 0 aliphatic carbocycles. The quantitative estimate of drug-likeness (QED) is 0.843. The van der Waals surface area contributed by atoms with Gasteiger partial charge in [0.1, 0.15) is 0 Å². The maximum atomic E-state index is 12.1. The van der Waals surface area contributed by atoms with E-state index in [0.717, 1.165) is 18.8 Å². The van der Waals surface area contributed by atoms with E-state index in [4.69, 9.17) is 0 Å². The number of carbonyl (C=O) groups excluding carboxylic acids is 1. The molecule has 18 heavy (non-hydrogen) atoms. The first-order valence-electron chi connectivity index (χ1n) is 6.37. The maximum Gasteiger partial charge on any atom is 0.241 e. The number of halogens is 1. The summed E-state index contributed by atoms with van der Waals surface area (Å²) in [6, 6.07) is 7.84. The van der Waals surface area contributed by atoms with E-state index in [1.807, 2.05) is 31.2 Å². The van der Waals surface area contributed by atoms with Crippen LogP contribution in [0, 0.1) is 9.49 Å². The van der Waals surface area contributed by atoms with Crippen LogP contribution in [-0.4, -0.2) is 29.9 Å². The van der Waals surface area contributed by atoms with E-state index >= 15 is 0 Å².